The molecule has 112 valence electrons. The lowest BCUT2D eigenvalue weighted by molar-refractivity contribution is -0.157. The zero-order chi connectivity index (χ0) is 15.5. The molecule has 0 saturated heterocycles. The predicted octanol–water partition coefficient (Wildman–Crippen LogP) is 4.37. The maximum atomic E-state index is 11.9. The van der Waals surface area contributed by atoms with Crippen molar-refractivity contribution in [3.8, 4) is 0 Å². The summed E-state index contributed by atoms with van der Waals surface area (Å²) in [7, 11) is 0. The van der Waals surface area contributed by atoms with Crippen LogP contribution in [0, 0.1) is 0 Å². The standard InChI is InChI=1S/C15H21Cl2NO2/c1-9(12-7-6-11(16)8-13(12)17)18-10(2)14(19)20-15(3,4)5/h6-10,18H,1-5H3. The Morgan fingerprint density at radius 1 is 1.25 bits per heavy atom. The topological polar surface area (TPSA) is 38.3 Å². The van der Waals surface area contributed by atoms with E-state index in [2.05, 4.69) is 5.32 Å². The molecule has 20 heavy (non-hydrogen) atoms. The van der Waals surface area contributed by atoms with Gasteiger partial charge in [-0.25, -0.2) is 0 Å². The number of nitrogens with one attached hydrogen (secondary N) is 1. The number of esters is 1. The van der Waals surface area contributed by atoms with Crippen LogP contribution in [0.4, 0.5) is 0 Å². The first-order valence-electron chi connectivity index (χ1n) is 6.54. The molecular weight excluding hydrogens is 297 g/mol. The Kier molecular flexibility index (Phi) is 5.87. The normalized spacial score (nSPS) is 14.8. The van der Waals surface area contributed by atoms with Crippen LogP contribution in [0.2, 0.25) is 10.0 Å². The molecular formula is C15H21Cl2NO2. The molecule has 0 fully saturated rings. The SMILES string of the molecule is CC(NC(C)c1ccc(Cl)cc1Cl)C(=O)OC(C)(C)C. The van der Waals surface area contributed by atoms with Crippen LogP contribution in [-0.2, 0) is 9.53 Å². The number of halogens is 2. The van der Waals surface area contributed by atoms with Crippen molar-refractivity contribution in [2.75, 3.05) is 0 Å². The molecule has 0 bridgehead atoms. The highest BCUT2D eigenvalue weighted by Crippen LogP contribution is 2.26. The summed E-state index contributed by atoms with van der Waals surface area (Å²) in [6.07, 6.45) is 0. The number of carbonyl (C=O) groups is 1. The van der Waals surface area contributed by atoms with Gasteiger partial charge in [0.25, 0.3) is 0 Å². The van der Waals surface area contributed by atoms with E-state index >= 15 is 0 Å². The molecule has 2 unspecified atom stereocenters. The molecule has 1 N–H and O–H groups in total. The summed E-state index contributed by atoms with van der Waals surface area (Å²) in [4.78, 5) is 11.9. The molecule has 0 aliphatic carbocycles. The Balaban J connectivity index is 2.70. The molecule has 0 saturated carbocycles. The molecule has 0 radical (unpaired) electrons. The van der Waals surface area contributed by atoms with E-state index in [0.717, 1.165) is 5.56 Å². The number of hydrogen-bond donors (Lipinski definition) is 1. The van der Waals surface area contributed by atoms with Crippen LogP contribution in [0.15, 0.2) is 18.2 Å². The second-order valence-electron chi connectivity index (χ2n) is 5.81. The van der Waals surface area contributed by atoms with Crippen molar-refractivity contribution in [3.63, 3.8) is 0 Å². The average Bonchev–Trinajstić information content (AvgIpc) is 2.26. The predicted molar refractivity (Wildman–Crippen MR) is 83.3 cm³/mol. The molecule has 0 spiro atoms. The Morgan fingerprint density at radius 3 is 2.35 bits per heavy atom. The summed E-state index contributed by atoms with van der Waals surface area (Å²) in [6, 6.07) is 4.82. The highest BCUT2D eigenvalue weighted by atomic mass is 35.5. The van der Waals surface area contributed by atoms with Crippen LogP contribution >= 0.6 is 23.2 Å². The third kappa shape index (κ3) is 5.31. The first-order chi connectivity index (χ1) is 9.10. The number of carbonyl (C=O) groups excluding carboxylic acids is 1. The molecule has 1 aromatic carbocycles. The van der Waals surface area contributed by atoms with Crippen LogP contribution in [0.25, 0.3) is 0 Å². The summed E-state index contributed by atoms with van der Waals surface area (Å²) in [6.45, 7) is 9.25. The second kappa shape index (κ2) is 6.79. The van der Waals surface area contributed by atoms with Crippen molar-refractivity contribution in [3.05, 3.63) is 33.8 Å². The van der Waals surface area contributed by atoms with Gasteiger partial charge < -0.3 is 4.74 Å². The second-order valence-corrected chi connectivity index (χ2v) is 6.65. The molecule has 0 aliphatic heterocycles. The third-order valence-electron chi connectivity index (χ3n) is 2.69. The van der Waals surface area contributed by atoms with Crippen molar-refractivity contribution in [1.29, 1.82) is 0 Å². The molecule has 3 nitrogen and oxygen atoms in total. The Labute approximate surface area is 130 Å². The first-order valence-corrected chi connectivity index (χ1v) is 7.29. The van der Waals surface area contributed by atoms with Gasteiger partial charge in [-0.2, -0.15) is 0 Å². The van der Waals surface area contributed by atoms with Gasteiger partial charge in [0.1, 0.15) is 11.6 Å². The van der Waals surface area contributed by atoms with Gasteiger partial charge in [-0.1, -0.05) is 29.3 Å². The molecule has 1 aromatic rings. The first kappa shape index (κ1) is 17.3. The zero-order valence-corrected chi connectivity index (χ0v) is 14.0. The number of benzene rings is 1. The summed E-state index contributed by atoms with van der Waals surface area (Å²) < 4.78 is 5.33. The van der Waals surface area contributed by atoms with Gasteiger partial charge in [0.15, 0.2) is 0 Å². The van der Waals surface area contributed by atoms with E-state index in [1.165, 1.54) is 0 Å². The van der Waals surface area contributed by atoms with Crippen LogP contribution in [-0.4, -0.2) is 17.6 Å². The summed E-state index contributed by atoms with van der Waals surface area (Å²) in [5.41, 5.74) is 0.403. The minimum Gasteiger partial charge on any atom is -0.459 e. The molecule has 0 aliphatic rings. The average molecular weight is 318 g/mol. The fourth-order valence-corrected chi connectivity index (χ4v) is 2.35. The van der Waals surface area contributed by atoms with Crippen molar-refractivity contribution in [2.24, 2.45) is 0 Å². The largest absolute Gasteiger partial charge is 0.459 e. The van der Waals surface area contributed by atoms with Crippen molar-refractivity contribution < 1.29 is 9.53 Å². The molecule has 0 aromatic heterocycles. The van der Waals surface area contributed by atoms with Crippen LogP contribution in [0.5, 0.6) is 0 Å². The number of ether oxygens (including phenoxy) is 1. The van der Waals surface area contributed by atoms with E-state index in [1.807, 2.05) is 33.8 Å². The van der Waals surface area contributed by atoms with E-state index in [-0.39, 0.29) is 12.0 Å². The lowest BCUT2D eigenvalue weighted by atomic mass is 10.1. The minimum atomic E-state index is -0.492. The van der Waals surface area contributed by atoms with Gasteiger partial charge in [-0.15, -0.1) is 0 Å². The number of rotatable bonds is 4. The summed E-state index contributed by atoms with van der Waals surface area (Å²) >= 11 is 12.0. The Bertz CT molecular complexity index is 483. The molecule has 0 amide bonds. The highest BCUT2D eigenvalue weighted by Gasteiger charge is 2.23. The smallest absolute Gasteiger partial charge is 0.323 e. The van der Waals surface area contributed by atoms with Crippen LogP contribution in [0.3, 0.4) is 0 Å². The van der Waals surface area contributed by atoms with E-state index in [0.29, 0.717) is 10.0 Å². The van der Waals surface area contributed by atoms with Crippen LogP contribution < -0.4 is 5.32 Å². The fourth-order valence-electron chi connectivity index (χ4n) is 1.78. The van der Waals surface area contributed by atoms with E-state index < -0.39 is 11.6 Å². The maximum absolute atomic E-state index is 11.9. The molecule has 2 atom stereocenters. The van der Waals surface area contributed by atoms with Gasteiger partial charge in [0.2, 0.25) is 0 Å². The Hall–Kier alpha value is -0.770. The highest BCUT2D eigenvalue weighted by molar-refractivity contribution is 6.35. The summed E-state index contributed by atoms with van der Waals surface area (Å²) in [5, 5.41) is 4.34. The molecule has 0 heterocycles. The van der Waals surface area contributed by atoms with Gasteiger partial charge in [-0.05, 0) is 52.3 Å². The van der Waals surface area contributed by atoms with Crippen LogP contribution in [0.1, 0.15) is 46.2 Å². The summed E-state index contributed by atoms with van der Waals surface area (Å²) in [5.74, 6) is -0.283. The van der Waals surface area contributed by atoms with Gasteiger partial charge >= 0.3 is 5.97 Å². The fraction of sp³-hybridized carbons (Fsp3) is 0.533. The van der Waals surface area contributed by atoms with E-state index in [4.69, 9.17) is 27.9 Å². The van der Waals surface area contributed by atoms with Crippen molar-refractivity contribution in [2.45, 2.75) is 52.3 Å². The van der Waals surface area contributed by atoms with Gasteiger partial charge in [-0.3, -0.25) is 10.1 Å². The van der Waals surface area contributed by atoms with Crippen molar-refractivity contribution >= 4 is 29.2 Å². The quantitative estimate of drug-likeness (QED) is 0.838. The lowest BCUT2D eigenvalue weighted by Gasteiger charge is -2.25. The zero-order valence-electron chi connectivity index (χ0n) is 12.5. The lowest BCUT2D eigenvalue weighted by Crippen LogP contribution is -2.40. The number of hydrogen-bond acceptors (Lipinski definition) is 3. The van der Waals surface area contributed by atoms with Crippen molar-refractivity contribution in [1.82, 2.24) is 5.32 Å². The van der Waals surface area contributed by atoms with Gasteiger partial charge in [0, 0.05) is 16.1 Å². The van der Waals surface area contributed by atoms with E-state index in [1.54, 1.807) is 19.1 Å². The van der Waals surface area contributed by atoms with E-state index in [9.17, 15) is 4.79 Å². The third-order valence-corrected chi connectivity index (χ3v) is 3.25. The molecule has 5 heteroatoms. The monoisotopic (exact) mass is 317 g/mol. The molecule has 1 rings (SSSR count). The Morgan fingerprint density at radius 2 is 1.85 bits per heavy atom. The maximum Gasteiger partial charge on any atom is 0.323 e. The minimum absolute atomic E-state index is 0.0812. The van der Waals surface area contributed by atoms with Gasteiger partial charge in [0.05, 0.1) is 0 Å².